The molecule has 0 aliphatic rings. The molecule has 0 fully saturated rings. The van der Waals surface area contributed by atoms with Gasteiger partial charge in [-0.25, -0.2) is 10.2 Å². The van der Waals surface area contributed by atoms with Gasteiger partial charge in [0.05, 0.1) is 6.61 Å². The first-order valence-corrected chi connectivity index (χ1v) is 5.31. The number of carbonyl (C=O) groups excluding carboxylic acids is 1. The van der Waals surface area contributed by atoms with Gasteiger partial charge in [-0.05, 0) is 25.3 Å². The Morgan fingerprint density at radius 1 is 1.44 bits per heavy atom. The van der Waals surface area contributed by atoms with E-state index in [-0.39, 0.29) is 0 Å². The summed E-state index contributed by atoms with van der Waals surface area (Å²) in [5.41, 5.74) is 3.53. The molecule has 0 saturated heterocycles. The predicted octanol–water partition coefficient (Wildman–Crippen LogP) is 2.35. The minimum Gasteiger partial charge on any atom is -0.449 e. The van der Waals surface area contributed by atoms with Gasteiger partial charge in [0.1, 0.15) is 0 Å². The molecule has 4 heteroatoms. The van der Waals surface area contributed by atoms with Crippen molar-refractivity contribution >= 4 is 12.3 Å². The van der Waals surface area contributed by atoms with Gasteiger partial charge in [-0.1, -0.05) is 30.3 Å². The van der Waals surface area contributed by atoms with E-state index in [0.29, 0.717) is 6.61 Å². The minimum atomic E-state index is -0.515. The summed E-state index contributed by atoms with van der Waals surface area (Å²) in [6, 6.07) is 10.1. The van der Waals surface area contributed by atoms with Crippen molar-refractivity contribution < 1.29 is 9.53 Å². The fourth-order valence-electron chi connectivity index (χ4n) is 1.20. The maximum absolute atomic E-state index is 10.8. The van der Waals surface area contributed by atoms with Gasteiger partial charge in [0.2, 0.25) is 0 Å². The van der Waals surface area contributed by atoms with Crippen LogP contribution in [0, 0.1) is 0 Å². The Balaban J connectivity index is 2.16. The van der Waals surface area contributed by atoms with Gasteiger partial charge in [-0.15, -0.1) is 0 Å². The zero-order valence-corrected chi connectivity index (χ0v) is 9.35. The number of ether oxygens (including phenoxy) is 1. The molecule has 0 aliphatic carbocycles. The van der Waals surface area contributed by atoms with E-state index in [1.807, 2.05) is 18.2 Å². The Hall–Kier alpha value is -1.84. The van der Waals surface area contributed by atoms with Crippen molar-refractivity contribution in [3.05, 3.63) is 35.9 Å². The highest BCUT2D eigenvalue weighted by Crippen LogP contribution is 2.00. The molecule has 4 nitrogen and oxygen atoms in total. The third kappa shape index (κ3) is 5.14. The molecule has 0 saturated carbocycles. The Labute approximate surface area is 95.3 Å². The standard InChI is InChI=1S/C12H16N2O2/c1-2-16-12(15)14-13-10-6-9-11-7-4-3-5-8-11/h3-5,7-8,10H,2,6,9H2,1H3,(H,14,15)/b13-10-. The zero-order valence-electron chi connectivity index (χ0n) is 9.35. The second-order valence-corrected chi connectivity index (χ2v) is 3.17. The number of hydrazone groups is 1. The lowest BCUT2D eigenvalue weighted by atomic mass is 10.1. The van der Waals surface area contributed by atoms with Crippen molar-refractivity contribution in [1.82, 2.24) is 5.43 Å². The van der Waals surface area contributed by atoms with E-state index in [1.54, 1.807) is 13.1 Å². The van der Waals surface area contributed by atoms with E-state index >= 15 is 0 Å². The van der Waals surface area contributed by atoms with Crippen molar-refractivity contribution in [2.45, 2.75) is 19.8 Å². The topological polar surface area (TPSA) is 50.7 Å². The smallest absolute Gasteiger partial charge is 0.427 e. The number of benzene rings is 1. The maximum atomic E-state index is 10.8. The van der Waals surface area contributed by atoms with E-state index in [4.69, 9.17) is 0 Å². The van der Waals surface area contributed by atoms with Crippen LogP contribution in [-0.4, -0.2) is 18.9 Å². The first kappa shape index (κ1) is 12.2. The lowest BCUT2D eigenvalue weighted by molar-refractivity contribution is 0.152. The zero-order chi connectivity index (χ0) is 11.6. The first-order valence-electron chi connectivity index (χ1n) is 5.31. The molecule has 0 heterocycles. The van der Waals surface area contributed by atoms with Crippen LogP contribution in [0.3, 0.4) is 0 Å². The van der Waals surface area contributed by atoms with E-state index in [9.17, 15) is 4.79 Å². The van der Waals surface area contributed by atoms with Crippen molar-refractivity contribution in [2.75, 3.05) is 6.61 Å². The average molecular weight is 220 g/mol. The Morgan fingerprint density at radius 3 is 2.88 bits per heavy atom. The van der Waals surface area contributed by atoms with Gasteiger partial charge < -0.3 is 4.74 Å². The molecule has 86 valence electrons. The van der Waals surface area contributed by atoms with E-state index in [1.165, 1.54) is 5.56 Å². The maximum Gasteiger partial charge on any atom is 0.427 e. The first-order chi connectivity index (χ1) is 7.83. The van der Waals surface area contributed by atoms with Crippen LogP contribution in [0.25, 0.3) is 0 Å². The van der Waals surface area contributed by atoms with Crippen LogP contribution in [0.15, 0.2) is 35.4 Å². The summed E-state index contributed by atoms with van der Waals surface area (Å²) in [5, 5.41) is 3.76. The molecule has 0 radical (unpaired) electrons. The summed E-state index contributed by atoms with van der Waals surface area (Å²) in [6.07, 6.45) is 2.85. The van der Waals surface area contributed by atoms with E-state index in [0.717, 1.165) is 12.8 Å². The van der Waals surface area contributed by atoms with Crippen LogP contribution in [0.1, 0.15) is 18.9 Å². The number of aryl methyl sites for hydroxylation is 1. The van der Waals surface area contributed by atoms with Crippen LogP contribution >= 0.6 is 0 Å². The fourth-order valence-corrected chi connectivity index (χ4v) is 1.20. The summed E-state index contributed by atoms with van der Waals surface area (Å²) in [4.78, 5) is 10.8. The molecule has 0 unspecified atom stereocenters. The van der Waals surface area contributed by atoms with Gasteiger partial charge in [0.25, 0.3) is 0 Å². The minimum absolute atomic E-state index is 0.353. The van der Waals surface area contributed by atoms with Crippen LogP contribution in [0.4, 0.5) is 4.79 Å². The molecule has 0 atom stereocenters. The van der Waals surface area contributed by atoms with Crippen molar-refractivity contribution in [2.24, 2.45) is 5.10 Å². The van der Waals surface area contributed by atoms with Gasteiger partial charge in [-0.2, -0.15) is 5.10 Å². The molecular formula is C12H16N2O2. The number of rotatable bonds is 5. The van der Waals surface area contributed by atoms with Crippen LogP contribution < -0.4 is 5.43 Å². The molecule has 0 bridgehead atoms. The molecular weight excluding hydrogens is 204 g/mol. The molecule has 16 heavy (non-hydrogen) atoms. The SMILES string of the molecule is CCOC(=O)N/N=C\CCc1ccccc1. The van der Waals surface area contributed by atoms with Gasteiger partial charge in [0.15, 0.2) is 0 Å². The Kier molecular flexibility index (Phi) is 5.70. The summed E-state index contributed by atoms with van der Waals surface area (Å²) in [5.74, 6) is 0. The molecule has 1 N–H and O–H groups in total. The van der Waals surface area contributed by atoms with E-state index in [2.05, 4.69) is 27.4 Å². The monoisotopic (exact) mass is 220 g/mol. The van der Waals surface area contributed by atoms with Crippen molar-refractivity contribution in [3.63, 3.8) is 0 Å². The predicted molar refractivity (Wildman–Crippen MR) is 63.4 cm³/mol. The molecule has 0 aromatic heterocycles. The quantitative estimate of drug-likeness (QED) is 0.611. The highest BCUT2D eigenvalue weighted by atomic mass is 16.5. The number of nitrogens with zero attached hydrogens (tertiary/aromatic N) is 1. The highest BCUT2D eigenvalue weighted by molar-refractivity contribution is 5.69. The van der Waals surface area contributed by atoms with Crippen LogP contribution in [0.5, 0.6) is 0 Å². The summed E-state index contributed by atoms with van der Waals surface area (Å²) < 4.78 is 4.64. The number of hydrogen-bond acceptors (Lipinski definition) is 3. The van der Waals surface area contributed by atoms with Gasteiger partial charge in [0, 0.05) is 6.21 Å². The molecule has 1 aromatic rings. The number of hydrogen-bond donors (Lipinski definition) is 1. The lowest BCUT2D eigenvalue weighted by Gasteiger charge is -1.99. The molecule has 1 amide bonds. The number of carbonyl (C=O) groups is 1. The Bertz CT molecular complexity index is 336. The lowest BCUT2D eigenvalue weighted by Crippen LogP contribution is -2.18. The van der Waals surface area contributed by atoms with Crippen molar-refractivity contribution in [1.29, 1.82) is 0 Å². The number of amides is 1. The van der Waals surface area contributed by atoms with Gasteiger partial charge in [-0.3, -0.25) is 0 Å². The second-order valence-electron chi connectivity index (χ2n) is 3.17. The fraction of sp³-hybridized carbons (Fsp3) is 0.333. The number of nitrogens with one attached hydrogen (secondary N) is 1. The normalized spacial score (nSPS) is 10.3. The average Bonchev–Trinajstić information content (AvgIpc) is 2.30. The molecule has 0 spiro atoms. The largest absolute Gasteiger partial charge is 0.449 e. The van der Waals surface area contributed by atoms with E-state index < -0.39 is 6.09 Å². The van der Waals surface area contributed by atoms with Crippen LogP contribution in [0.2, 0.25) is 0 Å². The van der Waals surface area contributed by atoms with Crippen molar-refractivity contribution in [3.8, 4) is 0 Å². The summed E-state index contributed by atoms with van der Waals surface area (Å²) in [7, 11) is 0. The third-order valence-electron chi connectivity index (χ3n) is 1.93. The second kappa shape index (κ2) is 7.45. The molecule has 0 aliphatic heterocycles. The Morgan fingerprint density at radius 2 is 2.19 bits per heavy atom. The highest BCUT2D eigenvalue weighted by Gasteiger charge is 1.94. The molecule has 1 rings (SSSR count). The van der Waals surface area contributed by atoms with Crippen LogP contribution in [-0.2, 0) is 11.2 Å². The third-order valence-corrected chi connectivity index (χ3v) is 1.93. The van der Waals surface area contributed by atoms with Gasteiger partial charge >= 0.3 is 6.09 Å². The summed E-state index contributed by atoms with van der Waals surface area (Å²) >= 11 is 0. The molecule has 1 aromatic carbocycles. The summed E-state index contributed by atoms with van der Waals surface area (Å²) in [6.45, 7) is 2.10.